The van der Waals surface area contributed by atoms with Gasteiger partial charge in [0.15, 0.2) is 0 Å². The maximum atomic E-state index is 14.1. The van der Waals surface area contributed by atoms with Gasteiger partial charge in [0.2, 0.25) is 5.91 Å². The highest BCUT2D eigenvalue weighted by atomic mass is 35.5. The number of H-pyrrole nitrogens is 1. The lowest BCUT2D eigenvalue weighted by Gasteiger charge is -2.30. The van der Waals surface area contributed by atoms with Crippen LogP contribution in [0.15, 0.2) is 79.3 Å². The van der Waals surface area contributed by atoms with Crippen LogP contribution in [0.1, 0.15) is 18.5 Å². The molecule has 0 aliphatic rings. The maximum absolute atomic E-state index is 14.1. The molecule has 1 amide bonds. The number of aromatic nitrogens is 5. The monoisotopic (exact) mass is 474 g/mol. The quantitative estimate of drug-likeness (QED) is 0.357. The summed E-state index contributed by atoms with van der Waals surface area (Å²) in [6.45, 7) is 1.81. The zero-order chi connectivity index (χ0) is 23.7. The lowest BCUT2D eigenvalue weighted by Crippen LogP contribution is -2.36. The Balaban J connectivity index is 1.52. The molecule has 0 aliphatic carbocycles. The average Bonchev–Trinajstić information content (AvgIpc) is 3.50. The van der Waals surface area contributed by atoms with Crippen molar-refractivity contribution in [1.82, 2.24) is 25.0 Å². The van der Waals surface area contributed by atoms with Gasteiger partial charge < -0.3 is 9.88 Å². The molecule has 0 fully saturated rings. The summed E-state index contributed by atoms with van der Waals surface area (Å²) in [7, 11) is 0. The number of halogens is 2. The van der Waals surface area contributed by atoms with Crippen molar-refractivity contribution >= 4 is 34.2 Å². The smallest absolute Gasteiger partial charge is 0.249 e. The fraction of sp³-hybridized carbons (Fsp3) is 0.120. The van der Waals surface area contributed by atoms with Crippen LogP contribution in [0, 0.1) is 5.82 Å². The van der Waals surface area contributed by atoms with E-state index in [0.29, 0.717) is 16.8 Å². The van der Waals surface area contributed by atoms with Gasteiger partial charge in [0.05, 0.1) is 29.8 Å². The maximum Gasteiger partial charge on any atom is 0.249 e. The molecule has 34 heavy (non-hydrogen) atoms. The highest BCUT2D eigenvalue weighted by Gasteiger charge is 2.25. The van der Waals surface area contributed by atoms with E-state index in [0.717, 1.165) is 16.8 Å². The molecule has 5 aromatic rings. The van der Waals surface area contributed by atoms with Crippen molar-refractivity contribution < 1.29 is 9.18 Å². The number of hydrogen-bond acceptors (Lipinski definition) is 4. The minimum Gasteiger partial charge on any atom is -0.345 e. The largest absolute Gasteiger partial charge is 0.345 e. The fourth-order valence-corrected chi connectivity index (χ4v) is 4.23. The third-order valence-electron chi connectivity index (χ3n) is 5.68. The van der Waals surface area contributed by atoms with Gasteiger partial charge in [0, 0.05) is 10.7 Å². The van der Waals surface area contributed by atoms with Gasteiger partial charge in [-0.1, -0.05) is 41.1 Å². The van der Waals surface area contributed by atoms with E-state index in [1.165, 1.54) is 12.1 Å². The van der Waals surface area contributed by atoms with Crippen LogP contribution >= 0.6 is 11.6 Å². The Kier molecular flexibility index (Phi) is 5.81. The number of benzene rings is 3. The lowest BCUT2D eigenvalue weighted by molar-refractivity contribution is -0.119. The predicted molar refractivity (Wildman–Crippen MR) is 129 cm³/mol. The van der Waals surface area contributed by atoms with Crippen LogP contribution in [0.2, 0.25) is 5.02 Å². The summed E-state index contributed by atoms with van der Waals surface area (Å²) < 4.78 is 15.7. The molecule has 5 rings (SSSR count). The Morgan fingerprint density at radius 3 is 2.68 bits per heavy atom. The first kappa shape index (κ1) is 21.8. The third-order valence-corrected chi connectivity index (χ3v) is 5.90. The zero-order valence-corrected chi connectivity index (χ0v) is 18.9. The Labute approximate surface area is 199 Å². The van der Waals surface area contributed by atoms with E-state index in [4.69, 9.17) is 11.6 Å². The molecule has 0 spiro atoms. The average molecular weight is 475 g/mol. The number of amides is 1. The second-order valence-electron chi connectivity index (χ2n) is 7.89. The van der Waals surface area contributed by atoms with Gasteiger partial charge in [0.25, 0.3) is 0 Å². The molecule has 0 aliphatic heterocycles. The van der Waals surface area contributed by atoms with Crippen molar-refractivity contribution in [1.29, 1.82) is 0 Å². The first-order valence-corrected chi connectivity index (χ1v) is 11.0. The number of hydrogen-bond donors (Lipinski definition) is 1. The molecule has 2 aromatic heterocycles. The fourth-order valence-electron chi connectivity index (χ4n) is 4.00. The molecule has 2 heterocycles. The number of fused-ring (bicyclic) bond motifs is 1. The molecule has 1 atom stereocenters. The second-order valence-corrected chi connectivity index (χ2v) is 8.33. The van der Waals surface area contributed by atoms with Crippen LogP contribution in [-0.2, 0) is 11.3 Å². The van der Waals surface area contributed by atoms with E-state index in [9.17, 15) is 9.18 Å². The Morgan fingerprint density at radius 2 is 1.94 bits per heavy atom. The summed E-state index contributed by atoms with van der Waals surface area (Å²) in [5.74, 6) is -0.684. The van der Waals surface area contributed by atoms with Crippen molar-refractivity contribution in [3.63, 3.8) is 0 Å². The number of para-hydroxylation sites is 1. The van der Waals surface area contributed by atoms with Crippen molar-refractivity contribution in [2.75, 3.05) is 4.90 Å². The highest BCUT2D eigenvalue weighted by molar-refractivity contribution is 6.30. The Hall–Kier alpha value is -4.04. The summed E-state index contributed by atoms with van der Waals surface area (Å²) in [5, 5.41) is 8.55. The van der Waals surface area contributed by atoms with Crippen molar-refractivity contribution in [2.45, 2.75) is 19.5 Å². The summed E-state index contributed by atoms with van der Waals surface area (Å²) in [4.78, 5) is 22.4. The Morgan fingerprint density at radius 1 is 1.15 bits per heavy atom. The summed E-state index contributed by atoms with van der Waals surface area (Å²) in [6.07, 6.45) is 3.34. The minimum atomic E-state index is -0.492. The van der Waals surface area contributed by atoms with E-state index >= 15 is 0 Å². The highest BCUT2D eigenvalue weighted by Crippen LogP contribution is 2.31. The molecule has 0 bridgehead atoms. The number of anilines is 1. The Bertz CT molecular complexity index is 1430. The van der Waals surface area contributed by atoms with Crippen molar-refractivity contribution in [2.24, 2.45) is 0 Å². The molecule has 170 valence electrons. The number of carbonyl (C=O) groups is 1. The van der Waals surface area contributed by atoms with E-state index in [2.05, 4.69) is 20.3 Å². The second kappa shape index (κ2) is 9.07. The zero-order valence-electron chi connectivity index (χ0n) is 18.2. The molecule has 9 heteroatoms. The van der Waals surface area contributed by atoms with Gasteiger partial charge in [-0.15, -0.1) is 5.10 Å². The van der Waals surface area contributed by atoms with Crippen LogP contribution in [0.5, 0.6) is 0 Å². The van der Waals surface area contributed by atoms with E-state index in [1.807, 2.05) is 55.5 Å². The van der Waals surface area contributed by atoms with Gasteiger partial charge in [-0.25, -0.2) is 14.1 Å². The lowest BCUT2D eigenvalue weighted by atomic mass is 10.0. The number of nitrogens with one attached hydrogen (secondary N) is 1. The number of rotatable bonds is 6. The van der Waals surface area contributed by atoms with Gasteiger partial charge in [-0.05, 0) is 60.5 Å². The standard InChI is InChI=1S/C25H20ClFN6O/c1-16(18-10-19(26)12-20(27)11-18)33(21-8-6-17(7-9-21)23-13-28-15-29-23)25(34)14-32-24-5-3-2-4-22(24)30-31-32/h2-13,15-16H,14H2,1H3,(H,28,29)/t16-/m1/s1. The first-order chi connectivity index (χ1) is 16.5. The summed E-state index contributed by atoms with van der Waals surface area (Å²) in [6, 6.07) is 18.8. The number of carbonyl (C=O) groups excluding carboxylic acids is 1. The van der Waals surface area contributed by atoms with E-state index < -0.39 is 11.9 Å². The van der Waals surface area contributed by atoms with Gasteiger partial charge in [-0.2, -0.15) is 0 Å². The normalized spacial score (nSPS) is 12.1. The van der Waals surface area contributed by atoms with Crippen LogP contribution in [0.25, 0.3) is 22.3 Å². The van der Waals surface area contributed by atoms with E-state index in [-0.39, 0.29) is 17.5 Å². The van der Waals surface area contributed by atoms with Gasteiger partial charge >= 0.3 is 0 Å². The molecule has 0 radical (unpaired) electrons. The first-order valence-electron chi connectivity index (χ1n) is 10.6. The predicted octanol–water partition coefficient (Wildman–Crippen LogP) is 5.41. The topological polar surface area (TPSA) is 79.7 Å². The van der Waals surface area contributed by atoms with Gasteiger partial charge in [-0.3, -0.25) is 4.79 Å². The van der Waals surface area contributed by atoms with Gasteiger partial charge in [0.1, 0.15) is 17.9 Å². The summed E-state index contributed by atoms with van der Waals surface area (Å²) in [5.41, 5.74) is 4.49. The molecule has 3 aromatic carbocycles. The molecule has 1 N–H and O–H groups in total. The number of aromatic amines is 1. The molecule has 7 nitrogen and oxygen atoms in total. The van der Waals surface area contributed by atoms with Crippen molar-refractivity contribution in [3.8, 4) is 11.3 Å². The molecular formula is C25H20ClFN6O. The SMILES string of the molecule is C[C@H](c1cc(F)cc(Cl)c1)N(C(=O)Cn1nnc2ccccc21)c1ccc(-c2cnc[nH]2)cc1. The van der Waals surface area contributed by atoms with Crippen LogP contribution < -0.4 is 4.90 Å². The molecule has 0 saturated heterocycles. The number of imidazole rings is 1. The van der Waals surface area contributed by atoms with Crippen LogP contribution in [0.3, 0.4) is 0 Å². The van der Waals surface area contributed by atoms with Crippen LogP contribution in [0.4, 0.5) is 10.1 Å². The third kappa shape index (κ3) is 4.27. The van der Waals surface area contributed by atoms with E-state index in [1.54, 1.807) is 28.2 Å². The van der Waals surface area contributed by atoms with Crippen molar-refractivity contribution in [3.05, 3.63) is 95.7 Å². The van der Waals surface area contributed by atoms with Crippen LogP contribution in [-0.4, -0.2) is 30.9 Å². The minimum absolute atomic E-state index is 0.0315. The molecular weight excluding hydrogens is 455 g/mol. The molecule has 0 saturated carbocycles. The number of nitrogens with zero attached hydrogens (tertiary/aromatic N) is 5. The summed E-state index contributed by atoms with van der Waals surface area (Å²) >= 11 is 6.11. The molecule has 0 unspecified atom stereocenters.